The van der Waals surface area contributed by atoms with E-state index in [-0.39, 0.29) is 46.0 Å². The number of hydrogen-bond acceptors (Lipinski definition) is 17. The van der Waals surface area contributed by atoms with Crippen LogP contribution in [-0.4, -0.2) is 105 Å². The highest BCUT2D eigenvalue weighted by atomic mass is 16.5. The summed E-state index contributed by atoms with van der Waals surface area (Å²) >= 11 is 0. The summed E-state index contributed by atoms with van der Waals surface area (Å²) in [7, 11) is 13.9. The molecule has 0 unspecified atom stereocenters. The molecular formula is C65H74O17. The van der Waals surface area contributed by atoms with E-state index in [1.165, 1.54) is 48.7 Å². The number of aromatic hydroxyl groups is 8. The van der Waals surface area contributed by atoms with Crippen LogP contribution in [0.2, 0.25) is 0 Å². The Morgan fingerprint density at radius 1 is 0.232 bits per heavy atom. The second kappa shape index (κ2) is 31.8. The van der Waals surface area contributed by atoms with Crippen LogP contribution in [0.4, 0.5) is 0 Å². The van der Waals surface area contributed by atoms with E-state index in [4.69, 9.17) is 47.7 Å². The van der Waals surface area contributed by atoms with E-state index in [9.17, 15) is 35.7 Å². The van der Waals surface area contributed by atoms with E-state index in [2.05, 4.69) is 0 Å². The van der Waals surface area contributed by atoms with Gasteiger partial charge in [0.2, 0.25) is 17.2 Å². The van der Waals surface area contributed by atoms with Gasteiger partial charge in [0.15, 0.2) is 57.5 Å². The number of aryl methyl sites for hydroxylation is 8. The van der Waals surface area contributed by atoms with Crippen molar-refractivity contribution in [3.8, 4) is 97.7 Å². The molecule has 0 bridgehead atoms. The first-order valence-electron chi connectivity index (χ1n) is 25.9. The van der Waals surface area contributed by atoms with Crippen LogP contribution in [0, 0.1) is 0 Å². The number of hydrogen-bond donors (Lipinski definition) is 8. The number of ether oxygens (including phenoxy) is 9. The first kappa shape index (κ1) is 63.2. The summed E-state index contributed by atoms with van der Waals surface area (Å²) in [6.07, 6.45) is 6.16. The Morgan fingerprint density at radius 2 is 0.524 bits per heavy atom. The molecule has 8 rings (SSSR count). The predicted molar refractivity (Wildman–Crippen MR) is 313 cm³/mol. The molecule has 0 heterocycles. The molecule has 0 atom stereocenters. The lowest BCUT2D eigenvalue weighted by atomic mass is 10.0. The Kier molecular flexibility index (Phi) is 24.5. The maximum atomic E-state index is 9.90. The lowest BCUT2D eigenvalue weighted by Gasteiger charge is -2.14. The summed E-state index contributed by atoms with van der Waals surface area (Å²) in [4.78, 5) is 0. The Labute approximate surface area is 478 Å². The highest BCUT2D eigenvalue weighted by molar-refractivity contribution is 5.55. The minimum Gasteiger partial charge on any atom is -0.508 e. The third kappa shape index (κ3) is 18.8. The average Bonchev–Trinajstić information content (AvgIpc) is 3.63. The fourth-order valence-electron chi connectivity index (χ4n) is 8.55. The summed E-state index contributed by atoms with van der Waals surface area (Å²) < 4.78 is 46.9. The Morgan fingerprint density at radius 3 is 0.878 bits per heavy atom. The van der Waals surface area contributed by atoms with E-state index in [1.807, 2.05) is 60.7 Å². The summed E-state index contributed by atoms with van der Waals surface area (Å²) in [5.74, 6) is 5.33. The molecule has 8 N–H and O–H groups in total. The zero-order chi connectivity index (χ0) is 59.7. The van der Waals surface area contributed by atoms with Crippen LogP contribution in [0.5, 0.6) is 97.7 Å². The highest BCUT2D eigenvalue weighted by Crippen LogP contribution is 2.40. The third-order valence-corrected chi connectivity index (χ3v) is 12.9. The molecule has 82 heavy (non-hydrogen) atoms. The average molecular weight is 1130 g/mol. The van der Waals surface area contributed by atoms with Gasteiger partial charge < -0.3 is 83.5 Å². The van der Waals surface area contributed by atoms with E-state index in [0.29, 0.717) is 51.7 Å². The largest absolute Gasteiger partial charge is 0.508 e. The van der Waals surface area contributed by atoms with Crippen molar-refractivity contribution in [2.45, 2.75) is 51.4 Å². The highest BCUT2D eigenvalue weighted by Gasteiger charge is 2.16. The smallest absolute Gasteiger partial charge is 0.203 e. The van der Waals surface area contributed by atoms with Gasteiger partial charge in [-0.05, 0) is 193 Å². The number of rotatable bonds is 21. The van der Waals surface area contributed by atoms with Crippen molar-refractivity contribution in [3.63, 3.8) is 0 Å². The van der Waals surface area contributed by atoms with Crippen LogP contribution in [0.3, 0.4) is 0 Å². The third-order valence-electron chi connectivity index (χ3n) is 12.9. The second-order valence-electron chi connectivity index (χ2n) is 18.4. The van der Waals surface area contributed by atoms with Gasteiger partial charge in [-0.2, -0.15) is 0 Å². The number of benzene rings is 8. The molecule has 0 aliphatic heterocycles. The predicted octanol–water partition coefficient (Wildman–Crippen LogP) is 11.6. The normalized spacial score (nSPS) is 10.3. The molecule has 0 aliphatic rings. The van der Waals surface area contributed by atoms with Crippen molar-refractivity contribution in [2.75, 3.05) is 64.0 Å². The van der Waals surface area contributed by atoms with Gasteiger partial charge in [-0.15, -0.1) is 0 Å². The van der Waals surface area contributed by atoms with Crippen molar-refractivity contribution in [2.24, 2.45) is 0 Å². The molecule has 0 saturated carbocycles. The minimum absolute atomic E-state index is 0.0000488. The van der Waals surface area contributed by atoms with E-state index >= 15 is 0 Å². The van der Waals surface area contributed by atoms with Crippen molar-refractivity contribution in [1.29, 1.82) is 0 Å². The van der Waals surface area contributed by atoms with Gasteiger partial charge in [-0.25, -0.2) is 0 Å². The zero-order valence-corrected chi connectivity index (χ0v) is 47.7. The summed E-state index contributed by atoms with van der Waals surface area (Å²) in [5.41, 5.74) is 8.22. The molecule has 0 spiro atoms. The van der Waals surface area contributed by atoms with Gasteiger partial charge in [0, 0.05) is 6.07 Å². The number of phenols is 8. The molecule has 436 valence electrons. The topological polar surface area (TPSA) is 245 Å². The molecule has 0 fully saturated rings. The molecular weight excluding hydrogens is 1050 g/mol. The molecule has 0 radical (unpaired) electrons. The van der Waals surface area contributed by atoms with Crippen molar-refractivity contribution in [3.05, 3.63) is 184 Å². The molecule has 0 aliphatic carbocycles. The zero-order valence-electron chi connectivity index (χ0n) is 47.7. The Bertz CT molecular complexity index is 3190. The van der Waals surface area contributed by atoms with Crippen LogP contribution < -0.4 is 42.6 Å². The lowest BCUT2D eigenvalue weighted by Crippen LogP contribution is -1.98. The lowest BCUT2D eigenvalue weighted by molar-refractivity contribution is 0.324. The maximum Gasteiger partial charge on any atom is 0.203 e. The maximum absolute atomic E-state index is 9.90. The first-order valence-corrected chi connectivity index (χ1v) is 25.9. The van der Waals surface area contributed by atoms with Crippen LogP contribution in [0.15, 0.2) is 140 Å². The van der Waals surface area contributed by atoms with Gasteiger partial charge in [-0.1, -0.05) is 36.4 Å². The second-order valence-corrected chi connectivity index (χ2v) is 18.4. The molecule has 17 nitrogen and oxygen atoms in total. The van der Waals surface area contributed by atoms with Gasteiger partial charge in [0.1, 0.15) is 23.0 Å². The van der Waals surface area contributed by atoms with Crippen LogP contribution >= 0.6 is 0 Å². The number of methoxy groups -OCH3 is 9. The van der Waals surface area contributed by atoms with Crippen molar-refractivity contribution < 1.29 is 83.5 Å². The standard InChI is InChI=1S/C18H22O5.C17H20O5.C16H18O4.C14H14O3/c1-20-15-9-12(7-8-14(15)19)5-6-13-10-16(21-2)18(23-4)17(11-13)22-3;1-20-14-8-11(6-7-13(14)18)4-5-12-9-15(21-2)17(19)16(10-12)22-3;1-19-14-9-12(10-15(20-2)16(14)18)7-6-11-4-3-5-13(17)8-11;15-12-5-3-10(4-6-12)1-2-11-7-13(16)9-14(17)8-11/h7-11,19H,5-6H2,1-4H3;6-10,18-19H,4-5H2,1-3H3;3-5,8-10,17-18H,6-7H2,1-2H3;3-9,15-17H,1-2H2. The summed E-state index contributed by atoms with van der Waals surface area (Å²) in [5, 5.41) is 76.3. The number of phenolic OH excluding ortho intramolecular Hbond substituents is 8. The summed E-state index contributed by atoms with van der Waals surface area (Å²) in [6.45, 7) is 0. The fraction of sp³-hybridized carbons (Fsp3) is 0.262. The Balaban J connectivity index is 0.000000201. The van der Waals surface area contributed by atoms with Crippen molar-refractivity contribution >= 4 is 0 Å². The van der Waals surface area contributed by atoms with E-state index in [1.54, 1.807) is 94.1 Å². The summed E-state index contributed by atoms with van der Waals surface area (Å²) in [6, 6.07) is 40.5. The fourth-order valence-corrected chi connectivity index (χ4v) is 8.55. The molecule has 8 aromatic rings. The quantitative estimate of drug-likeness (QED) is 0.0333. The van der Waals surface area contributed by atoms with Gasteiger partial charge in [0.25, 0.3) is 0 Å². The monoisotopic (exact) mass is 1130 g/mol. The molecule has 0 aromatic heterocycles. The van der Waals surface area contributed by atoms with Gasteiger partial charge in [0.05, 0.1) is 64.0 Å². The molecule has 0 saturated heterocycles. The van der Waals surface area contributed by atoms with Crippen LogP contribution in [0.25, 0.3) is 0 Å². The molecule has 17 heteroatoms. The SMILES string of the molecule is COc1cc(CCc2cc(OC)c(O)c(OC)c2)ccc1O.COc1cc(CCc2cc(OC)c(OC)c(OC)c2)ccc1O.COc1cc(CCc2cccc(O)c2)cc(OC)c1O.Oc1ccc(CCc2cc(O)cc(O)c2)cc1. The van der Waals surface area contributed by atoms with Crippen LogP contribution in [-0.2, 0) is 51.4 Å². The molecule has 8 aromatic carbocycles. The van der Waals surface area contributed by atoms with Crippen LogP contribution in [0.1, 0.15) is 44.5 Å². The van der Waals surface area contributed by atoms with Gasteiger partial charge >= 0.3 is 0 Å². The van der Waals surface area contributed by atoms with Gasteiger partial charge in [-0.3, -0.25) is 0 Å². The minimum atomic E-state index is 0.0000488. The van der Waals surface area contributed by atoms with E-state index < -0.39 is 0 Å². The first-order chi connectivity index (χ1) is 39.5. The van der Waals surface area contributed by atoms with Crippen molar-refractivity contribution in [1.82, 2.24) is 0 Å². The Hall–Kier alpha value is -9.64. The van der Waals surface area contributed by atoms with E-state index in [0.717, 1.165) is 95.9 Å². The molecule has 0 amide bonds.